The summed E-state index contributed by atoms with van der Waals surface area (Å²) in [5.41, 5.74) is 0. The van der Waals surface area contributed by atoms with Crippen molar-refractivity contribution in [1.82, 2.24) is 20.2 Å². The molecule has 0 aromatic carbocycles. The molecule has 0 bridgehead atoms. The number of nitrogens with zero attached hydrogens (tertiary/aromatic N) is 4. The van der Waals surface area contributed by atoms with Gasteiger partial charge in [-0.25, -0.2) is 4.68 Å². The van der Waals surface area contributed by atoms with Gasteiger partial charge in [0.1, 0.15) is 44.5 Å². The maximum atomic E-state index is 5.42. The van der Waals surface area contributed by atoms with E-state index >= 15 is 0 Å². The molecule has 7 heteroatoms. The van der Waals surface area contributed by atoms with E-state index in [2.05, 4.69) is 29.4 Å². The second kappa shape index (κ2) is 7.02. The highest BCUT2D eigenvalue weighted by atomic mass is 16.3. The predicted octanol–water partition coefficient (Wildman–Crippen LogP) is -1.43. The Balaban J connectivity index is 1.72. The molecular weight excluding hydrogens is 280 g/mol. The molecule has 1 aliphatic rings. The molecule has 1 fully saturated rings. The summed E-state index contributed by atoms with van der Waals surface area (Å²) in [6, 6.07) is 4.22. The summed E-state index contributed by atoms with van der Waals surface area (Å²) in [7, 11) is 0. The number of tetrazole rings is 1. The van der Waals surface area contributed by atoms with Crippen molar-refractivity contribution in [3.8, 4) is 0 Å². The zero-order valence-corrected chi connectivity index (χ0v) is 13.5. The van der Waals surface area contributed by atoms with Gasteiger partial charge in [-0.15, -0.1) is 5.10 Å². The Kier molecular flexibility index (Phi) is 4.84. The van der Waals surface area contributed by atoms with E-state index < -0.39 is 0 Å². The van der Waals surface area contributed by atoms with E-state index in [1.807, 2.05) is 16.8 Å². The van der Waals surface area contributed by atoms with Gasteiger partial charge in [-0.2, -0.15) is 0 Å². The Labute approximate surface area is 130 Å². The van der Waals surface area contributed by atoms with Crippen LogP contribution in [-0.4, -0.2) is 52.9 Å². The number of piperazine rings is 1. The van der Waals surface area contributed by atoms with E-state index in [1.165, 1.54) is 32.7 Å². The number of aromatic nitrogens is 4. The molecule has 0 amide bonds. The van der Waals surface area contributed by atoms with Crippen molar-refractivity contribution in [2.75, 3.05) is 32.7 Å². The van der Waals surface area contributed by atoms with E-state index in [0.717, 1.165) is 18.0 Å². The number of rotatable bonds is 6. The fourth-order valence-corrected chi connectivity index (χ4v) is 3.40. The zero-order valence-electron chi connectivity index (χ0n) is 13.5. The van der Waals surface area contributed by atoms with Crippen LogP contribution in [0.3, 0.4) is 0 Å². The summed E-state index contributed by atoms with van der Waals surface area (Å²) in [5, 5.41) is 12.4. The quantitative estimate of drug-likeness (QED) is 0.687. The van der Waals surface area contributed by atoms with E-state index in [0.29, 0.717) is 12.6 Å². The smallest absolute Gasteiger partial charge is 0.209 e. The van der Waals surface area contributed by atoms with Gasteiger partial charge in [0.25, 0.3) is 0 Å². The Bertz CT molecular complexity index is 558. The van der Waals surface area contributed by atoms with Gasteiger partial charge in [0, 0.05) is 6.42 Å². The average molecular weight is 306 g/mol. The standard InChI is InChI=1S/C15H24N6O/c1-3-14(20-9-7-19(4-2)8-10-20)15-16-17-18-21(15)12-13-6-5-11-22-13/h5-6,11,14H,3-4,7-10,12H2,1-2H3/p+2/t14-/m1/s1. The molecule has 2 aromatic heterocycles. The van der Waals surface area contributed by atoms with E-state index in [4.69, 9.17) is 4.42 Å². The molecule has 0 radical (unpaired) electrons. The van der Waals surface area contributed by atoms with Crippen molar-refractivity contribution < 1.29 is 14.2 Å². The van der Waals surface area contributed by atoms with Crippen molar-refractivity contribution in [3.63, 3.8) is 0 Å². The Morgan fingerprint density at radius 1 is 1.27 bits per heavy atom. The summed E-state index contributed by atoms with van der Waals surface area (Å²) in [5.74, 6) is 1.87. The monoisotopic (exact) mass is 306 g/mol. The van der Waals surface area contributed by atoms with E-state index in [9.17, 15) is 0 Å². The fourth-order valence-electron chi connectivity index (χ4n) is 3.40. The third-order valence-corrected chi connectivity index (χ3v) is 4.76. The van der Waals surface area contributed by atoms with Crippen LogP contribution in [0.25, 0.3) is 0 Å². The molecule has 1 aliphatic heterocycles. The van der Waals surface area contributed by atoms with Crippen LogP contribution in [0.1, 0.15) is 37.9 Å². The molecular formula is C15H26N6O+2. The van der Waals surface area contributed by atoms with Gasteiger partial charge in [0.05, 0.1) is 12.8 Å². The van der Waals surface area contributed by atoms with Gasteiger partial charge in [-0.05, 0) is 29.5 Å². The number of hydrogen-bond donors (Lipinski definition) is 2. The number of nitrogens with one attached hydrogen (secondary N) is 2. The second-order valence-corrected chi connectivity index (χ2v) is 6.00. The minimum absolute atomic E-state index is 0.364. The Morgan fingerprint density at radius 3 is 2.73 bits per heavy atom. The molecule has 1 saturated heterocycles. The number of furan rings is 1. The lowest BCUT2D eigenvalue weighted by Gasteiger charge is -2.33. The maximum Gasteiger partial charge on any atom is 0.209 e. The molecule has 3 heterocycles. The van der Waals surface area contributed by atoms with Crippen molar-refractivity contribution in [2.24, 2.45) is 0 Å². The van der Waals surface area contributed by atoms with Crippen molar-refractivity contribution >= 4 is 0 Å². The molecule has 0 spiro atoms. The Hall–Kier alpha value is -1.73. The Morgan fingerprint density at radius 2 is 2.09 bits per heavy atom. The number of hydrogen-bond acceptors (Lipinski definition) is 4. The summed E-state index contributed by atoms with van der Waals surface area (Å²) < 4.78 is 7.31. The van der Waals surface area contributed by atoms with Crippen LogP contribution >= 0.6 is 0 Å². The van der Waals surface area contributed by atoms with Crippen molar-refractivity contribution in [3.05, 3.63) is 30.0 Å². The van der Waals surface area contributed by atoms with Gasteiger partial charge in [0.2, 0.25) is 5.82 Å². The first-order valence-electron chi connectivity index (χ1n) is 8.28. The second-order valence-electron chi connectivity index (χ2n) is 6.00. The lowest BCUT2D eigenvalue weighted by molar-refractivity contribution is -1.03. The normalized spacial score (nSPS) is 23.5. The topological polar surface area (TPSA) is 65.6 Å². The minimum Gasteiger partial charge on any atom is -0.467 e. The first-order chi connectivity index (χ1) is 10.8. The summed E-state index contributed by atoms with van der Waals surface area (Å²) in [6.07, 6.45) is 2.74. The lowest BCUT2D eigenvalue weighted by Crippen LogP contribution is -3.28. The molecule has 3 rings (SSSR count). The maximum absolute atomic E-state index is 5.42. The van der Waals surface area contributed by atoms with E-state index in [-0.39, 0.29) is 0 Å². The van der Waals surface area contributed by atoms with Crippen LogP contribution in [0.4, 0.5) is 0 Å². The molecule has 0 aliphatic carbocycles. The van der Waals surface area contributed by atoms with Gasteiger partial charge in [-0.1, -0.05) is 6.92 Å². The molecule has 120 valence electrons. The van der Waals surface area contributed by atoms with Crippen molar-refractivity contribution in [1.29, 1.82) is 0 Å². The molecule has 0 saturated carbocycles. The summed E-state index contributed by atoms with van der Waals surface area (Å²) >= 11 is 0. The average Bonchev–Trinajstić information content (AvgIpc) is 3.22. The van der Waals surface area contributed by atoms with Gasteiger partial charge in [-0.3, -0.25) is 0 Å². The molecule has 22 heavy (non-hydrogen) atoms. The molecule has 0 unspecified atom stereocenters. The molecule has 1 atom stereocenters. The third-order valence-electron chi connectivity index (χ3n) is 4.76. The largest absolute Gasteiger partial charge is 0.467 e. The van der Waals surface area contributed by atoms with Crippen LogP contribution in [0, 0.1) is 0 Å². The molecule has 2 N–H and O–H groups in total. The highest BCUT2D eigenvalue weighted by Crippen LogP contribution is 2.11. The van der Waals surface area contributed by atoms with Crippen LogP contribution in [0.2, 0.25) is 0 Å². The highest BCUT2D eigenvalue weighted by molar-refractivity contribution is 5.00. The minimum atomic E-state index is 0.364. The van der Waals surface area contributed by atoms with Crippen LogP contribution < -0.4 is 9.80 Å². The number of quaternary nitrogens is 2. The van der Waals surface area contributed by atoms with Crippen LogP contribution in [0.15, 0.2) is 22.8 Å². The summed E-state index contributed by atoms with van der Waals surface area (Å²) in [6.45, 7) is 11.2. The van der Waals surface area contributed by atoms with Gasteiger partial charge >= 0.3 is 0 Å². The third kappa shape index (κ3) is 3.20. The zero-order chi connectivity index (χ0) is 15.4. The van der Waals surface area contributed by atoms with E-state index in [1.54, 1.807) is 16.1 Å². The van der Waals surface area contributed by atoms with Crippen LogP contribution in [-0.2, 0) is 6.54 Å². The highest BCUT2D eigenvalue weighted by Gasteiger charge is 2.32. The molecule has 7 nitrogen and oxygen atoms in total. The summed E-state index contributed by atoms with van der Waals surface area (Å²) in [4.78, 5) is 3.31. The lowest BCUT2D eigenvalue weighted by atomic mass is 10.1. The molecule has 2 aromatic rings. The van der Waals surface area contributed by atoms with Crippen LogP contribution in [0.5, 0.6) is 0 Å². The number of likely N-dealkylation sites (N-methyl/N-ethyl adjacent to an activating group) is 1. The van der Waals surface area contributed by atoms with Crippen molar-refractivity contribution in [2.45, 2.75) is 32.9 Å². The first kappa shape index (κ1) is 15.2. The van der Waals surface area contributed by atoms with Gasteiger partial charge < -0.3 is 14.2 Å². The van der Waals surface area contributed by atoms with Gasteiger partial charge in [0.15, 0.2) is 0 Å². The fraction of sp³-hybridized carbons (Fsp3) is 0.667. The SMILES string of the molecule is CC[C@H](c1nnnn1Cc1ccco1)[NH+]1CC[NH+](CC)CC1. The first-order valence-corrected chi connectivity index (χ1v) is 8.28. The predicted molar refractivity (Wildman–Crippen MR) is 80.6 cm³/mol.